The van der Waals surface area contributed by atoms with Crippen molar-refractivity contribution in [1.82, 2.24) is 20.3 Å². The molecule has 7 nitrogen and oxygen atoms in total. The second-order valence-corrected chi connectivity index (χ2v) is 4.95. The van der Waals surface area contributed by atoms with E-state index in [0.717, 1.165) is 17.9 Å². The first-order valence-electron chi connectivity index (χ1n) is 7.07. The summed E-state index contributed by atoms with van der Waals surface area (Å²) in [4.78, 5) is 26.1. The van der Waals surface area contributed by atoms with Gasteiger partial charge >= 0.3 is 0 Å². The number of carbonyl (C=O) groups excluding carboxylic acids is 1. The Labute approximate surface area is 128 Å². The van der Waals surface area contributed by atoms with Gasteiger partial charge in [0.1, 0.15) is 12.4 Å². The Morgan fingerprint density at radius 1 is 1.32 bits per heavy atom. The number of rotatable bonds is 3. The molecule has 22 heavy (non-hydrogen) atoms. The van der Waals surface area contributed by atoms with Crippen molar-refractivity contribution in [2.45, 2.75) is 6.10 Å². The number of ether oxygens (including phenoxy) is 1. The lowest BCUT2D eigenvalue weighted by molar-refractivity contribution is 0.0369. The predicted molar refractivity (Wildman–Crippen MR) is 80.6 cm³/mol. The van der Waals surface area contributed by atoms with Crippen LogP contribution in [0.2, 0.25) is 0 Å². The highest BCUT2D eigenvalue weighted by atomic mass is 16.5. The van der Waals surface area contributed by atoms with Crippen molar-refractivity contribution >= 4 is 11.6 Å². The number of hydrogen-bond acceptors (Lipinski definition) is 6. The zero-order valence-corrected chi connectivity index (χ0v) is 12.3. The molecule has 0 aliphatic carbocycles. The van der Waals surface area contributed by atoms with Crippen LogP contribution in [0.5, 0.6) is 0 Å². The maximum atomic E-state index is 11.5. The topological polar surface area (TPSA) is 80.2 Å². The van der Waals surface area contributed by atoms with Gasteiger partial charge in [0.15, 0.2) is 0 Å². The average molecular weight is 299 g/mol. The average Bonchev–Trinajstić information content (AvgIpc) is 2.62. The van der Waals surface area contributed by atoms with Crippen molar-refractivity contribution in [3.8, 4) is 0 Å². The normalized spacial score (nSPS) is 18.0. The van der Waals surface area contributed by atoms with Gasteiger partial charge in [-0.15, -0.1) is 0 Å². The minimum absolute atomic E-state index is 0.132. The number of hydrogen-bond donors (Lipinski definition) is 1. The molecule has 0 bridgehead atoms. The van der Waals surface area contributed by atoms with Crippen LogP contribution in [0.1, 0.15) is 22.2 Å². The zero-order chi connectivity index (χ0) is 15.4. The number of amides is 1. The maximum Gasteiger partial charge on any atom is 0.252 e. The molecule has 0 saturated carbocycles. The lowest BCUT2D eigenvalue weighted by Gasteiger charge is -2.33. The second kappa shape index (κ2) is 6.48. The van der Waals surface area contributed by atoms with Gasteiger partial charge in [-0.3, -0.25) is 9.78 Å². The van der Waals surface area contributed by atoms with Crippen LogP contribution in [0.3, 0.4) is 0 Å². The number of nitrogens with zero attached hydrogens (tertiary/aromatic N) is 4. The molecule has 1 amide bonds. The van der Waals surface area contributed by atoms with Crippen LogP contribution < -0.4 is 10.2 Å². The van der Waals surface area contributed by atoms with Gasteiger partial charge in [-0.05, 0) is 12.1 Å². The van der Waals surface area contributed by atoms with Crippen LogP contribution in [0.15, 0.2) is 37.1 Å². The smallest absolute Gasteiger partial charge is 0.252 e. The first-order chi connectivity index (χ1) is 10.8. The molecule has 2 aromatic rings. The Bertz CT molecular complexity index is 632. The molecular formula is C15H17N5O2. The van der Waals surface area contributed by atoms with Gasteiger partial charge in [0, 0.05) is 19.8 Å². The monoisotopic (exact) mass is 299 g/mol. The standard InChI is InChI=1S/C15H17N5O2/c1-16-15(21)11-2-3-13(19-6-11)14-9-20(4-5-22-14)12-7-17-10-18-8-12/h2-3,6-8,10,14H,4-5,9H2,1H3,(H,16,21). The van der Waals surface area contributed by atoms with E-state index < -0.39 is 0 Å². The van der Waals surface area contributed by atoms with E-state index in [9.17, 15) is 4.79 Å². The zero-order valence-electron chi connectivity index (χ0n) is 12.3. The highest BCUT2D eigenvalue weighted by Gasteiger charge is 2.23. The van der Waals surface area contributed by atoms with Crippen molar-refractivity contribution in [2.75, 3.05) is 31.6 Å². The number of carbonyl (C=O) groups is 1. The highest BCUT2D eigenvalue weighted by Crippen LogP contribution is 2.24. The van der Waals surface area contributed by atoms with E-state index in [2.05, 4.69) is 25.2 Å². The highest BCUT2D eigenvalue weighted by molar-refractivity contribution is 5.93. The summed E-state index contributed by atoms with van der Waals surface area (Å²) in [6, 6.07) is 3.59. The van der Waals surface area contributed by atoms with Gasteiger partial charge in [-0.2, -0.15) is 0 Å². The van der Waals surface area contributed by atoms with Crippen LogP contribution in [-0.2, 0) is 4.74 Å². The van der Waals surface area contributed by atoms with E-state index in [0.29, 0.717) is 18.7 Å². The third-order valence-corrected chi connectivity index (χ3v) is 3.58. The van der Waals surface area contributed by atoms with Crippen LogP contribution in [0.4, 0.5) is 5.69 Å². The van der Waals surface area contributed by atoms with Crippen molar-refractivity contribution in [1.29, 1.82) is 0 Å². The van der Waals surface area contributed by atoms with Crippen molar-refractivity contribution < 1.29 is 9.53 Å². The summed E-state index contributed by atoms with van der Waals surface area (Å²) in [5.74, 6) is -0.147. The van der Waals surface area contributed by atoms with E-state index in [-0.39, 0.29) is 12.0 Å². The third kappa shape index (κ3) is 3.04. The van der Waals surface area contributed by atoms with Gasteiger partial charge < -0.3 is 15.0 Å². The molecule has 0 radical (unpaired) electrons. The SMILES string of the molecule is CNC(=O)c1ccc(C2CN(c3cncnc3)CCO2)nc1. The Hall–Kier alpha value is -2.54. The third-order valence-electron chi connectivity index (χ3n) is 3.58. The van der Waals surface area contributed by atoms with Crippen LogP contribution in [-0.4, -0.2) is 47.6 Å². The summed E-state index contributed by atoms with van der Waals surface area (Å²) in [5.41, 5.74) is 2.32. The van der Waals surface area contributed by atoms with Gasteiger partial charge in [0.05, 0.1) is 42.5 Å². The fourth-order valence-electron chi connectivity index (χ4n) is 2.39. The summed E-state index contributed by atoms with van der Waals surface area (Å²) in [6.45, 7) is 2.08. The van der Waals surface area contributed by atoms with Gasteiger partial charge in [0.2, 0.25) is 0 Å². The molecule has 1 unspecified atom stereocenters. The van der Waals surface area contributed by atoms with E-state index in [1.807, 2.05) is 6.07 Å². The molecule has 2 aromatic heterocycles. The molecule has 7 heteroatoms. The summed E-state index contributed by atoms with van der Waals surface area (Å²) in [7, 11) is 1.60. The van der Waals surface area contributed by atoms with Gasteiger partial charge in [-0.25, -0.2) is 9.97 Å². The van der Waals surface area contributed by atoms with E-state index in [4.69, 9.17) is 4.74 Å². The Morgan fingerprint density at radius 3 is 2.82 bits per heavy atom. The largest absolute Gasteiger partial charge is 0.368 e. The summed E-state index contributed by atoms with van der Waals surface area (Å²) in [6.07, 6.45) is 6.53. The molecule has 1 N–H and O–H groups in total. The predicted octanol–water partition coefficient (Wildman–Crippen LogP) is 0.809. The van der Waals surface area contributed by atoms with Crippen LogP contribution in [0, 0.1) is 0 Å². The van der Waals surface area contributed by atoms with E-state index in [1.165, 1.54) is 6.33 Å². The Balaban J connectivity index is 1.73. The number of anilines is 1. The molecule has 3 heterocycles. The van der Waals surface area contributed by atoms with E-state index >= 15 is 0 Å². The van der Waals surface area contributed by atoms with Gasteiger partial charge in [0.25, 0.3) is 5.91 Å². The molecule has 114 valence electrons. The minimum atomic E-state index is -0.147. The number of aromatic nitrogens is 3. The fraction of sp³-hybridized carbons (Fsp3) is 0.333. The molecular weight excluding hydrogens is 282 g/mol. The lowest BCUT2D eigenvalue weighted by Crippen LogP contribution is -2.38. The molecule has 3 rings (SSSR count). The van der Waals surface area contributed by atoms with E-state index in [1.54, 1.807) is 31.7 Å². The number of morpholine rings is 1. The molecule has 1 atom stereocenters. The molecule has 0 spiro atoms. The first-order valence-corrected chi connectivity index (χ1v) is 7.07. The van der Waals surface area contributed by atoms with Crippen molar-refractivity contribution in [3.05, 3.63) is 48.3 Å². The molecule has 1 aliphatic heterocycles. The van der Waals surface area contributed by atoms with Crippen LogP contribution >= 0.6 is 0 Å². The summed E-state index contributed by atoms with van der Waals surface area (Å²) < 4.78 is 5.80. The quantitative estimate of drug-likeness (QED) is 0.903. The van der Waals surface area contributed by atoms with Gasteiger partial charge in [-0.1, -0.05) is 0 Å². The van der Waals surface area contributed by atoms with Crippen LogP contribution in [0.25, 0.3) is 0 Å². The number of pyridine rings is 1. The van der Waals surface area contributed by atoms with Crippen molar-refractivity contribution in [2.24, 2.45) is 0 Å². The number of nitrogens with one attached hydrogen (secondary N) is 1. The Morgan fingerprint density at radius 2 is 2.14 bits per heavy atom. The second-order valence-electron chi connectivity index (χ2n) is 4.95. The maximum absolute atomic E-state index is 11.5. The lowest BCUT2D eigenvalue weighted by atomic mass is 10.1. The molecule has 1 fully saturated rings. The fourth-order valence-corrected chi connectivity index (χ4v) is 2.39. The first kappa shape index (κ1) is 14.4. The van der Waals surface area contributed by atoms with Crippen molar-refractivity contribution in [3.63, 3.8) is 0 Å². The molecule has 1 saturated heterocycles. The summed E-state index contributed by atoms with van der Waals surface area (Å²) in [5, 5.41) is 2.58. The molecule has 0 aromatic carbocycles. The Kier molecular flexibility index (Phi) is 4.24. The minimum Gasteiger partial charge on any atom is -0.368 e. The summed E-state index contributed by atoms with van der Waals surface area (Å²) >= 11 is 0. The molecule has 1 aliphatic rings.